The predicted molar refractivity (Wildman–Crippen MR) is 67.3 cm³/mol. The lowest BCUT2D eigenvalue weighted by Gasteiger charge is -2.12. The third-order valence-electron chi connectivity index (χ3n) is 2.44. The van der Waals surface area contributed by atoms with Gasteiger partial charge in [0.25, 0.3) is 0 Å². The number of alkyl halides is 3. The molecule has 0 radical (unpaired) electrons. The average molecular weight is 319 g/mol. The lowest BCUT2D eigenvalue weighted by Crippen LogP contribution is -2.06. The Morgan fingerprint density at radius 2 is 2.00 bits per heavy atom. The van der Waals surface area contributed by atoms with Crippen molar-refractivity contribution in [2.75, 3.05) is 5.32 Å². The zero-order valence-electron chi connectivity index (χ0n) is 9.18. The second-order valence-corrected chi connectivity index (χ2v) is 4.62. The number of nitrogens with one attached hydrogen (secondary N) is 2. The number of hydrogen-bond donors (Lipinski definition) is 2. The van der Waals surface area contributed by atoms with Crippen molar-refractivity contribution in [2.45, 2.75) is 12.7 Å². The van der Waals surface area contributed by atoms with E-state index in [1.807, 2.05) is 6.07 Å². The summed E-state index contributed by atoms with van der Waals surface area (Å²) in [4.78, 5) is 2.88. The van der Waals surface area contributed by atoms with E-state index in [1.165, 1.54) is 6.07 Å². The number of rotatable bonds is 3. The first kappa shape index (κ1) is 13.0. The third-order valence-corrected chi connectivity index (χ3v) is 3.13. The zero-order chi connectivity index (χ0) is 13.2. The summed E-state index contributed by atoms with van der Waals surface area (Å²) in [7, 11) is 0. The molecule has 0 saturated carbocycles. The molecule has 18 heavy (non-hydrogen) atoms. The van der Waals surface area contributed by atoms with E-state index in [0.29, 0.717) is 16.7 Å². The van der Waals surface area contributed by atoms with Crippen molar-refractivity contribution in [3.8, 4) is 0 Å². The lowest BCUT2D eigenvalue weighted by molar-refractivity contribution is -0.137. The molecule has 0 amide bonds. The van der Waals surface area contributed by atoms with Crippen LogP contribution in [0.4, 0.5) is 18.9 Å². The topological polar surface area (TPSA) is 27.8 Å². The number of anilines is 1. The van der Waals surface area contributed by atoms with Gasteiger partial charge in [-0.25, -0.2) is 0 Å². The summed E-state index contributed by atoms with van der Waals surface area (Å²) < 4.78 is 38.3. The van der Waals surface area contributed by atoms with Crippen LogP contribution in [0.15, 0.2) is 41.1 Å². The molecular formula is C12H10BrF3N2. The van der Waals surface area contributed by atoms with Gasteiger partial charge in [0.1, 0.15) is 0 Å². The number of halogens is 4. The summed E-state index contributed by atoms with van der Waals surface area (Å²) in [5.41, 5.74) is 0.729. The van der Waals surface area contributed by atoms with Gasteiger partial charge in [0.2, 0.25) is 0 Å². The molecule has 0 aliphatic carbocycles. The van der Waals surface area contributed by atoms with Gasteiger partial charge in [-0.3, -0.25) is 0 Å². The van der Waals surface area contributed by atoms with Crippen LogP contribution in [0, 0.1) is 0 Å². The molecule has 0 atom stereocenters. The summed E-state index contributed by atoms with van der Waals surface area (Å²) in [6.45, 7) is 0.462. The number of aromatic amines is 1. The van der Waals surface area contributed by atoms with Gasteiger partial charge < -0.3 is 10.3 Å². The highest BCUT2D eigenvalue weighted by molar-refractivity contribution is 9.10. The third kappa shape index (κ3) is 3.07. The summed E-state index contributed by atoms with van der Waals surface area (Å²) in [6, 6.07) is 5.39. The van der Waals surface area contributed by atoms with Crippen molar-refractivity contribution in [3.05, 3.63) is 52.3 Å². The fraction of sp³-hybridized carbons (Fsp3) is 0.167. The Kier molecular flexibility index (Phi) is 3.65. The normalized spacial score (nSPS) is 11.6. The number of benzene rings is 1. The molecule has 96 valence electrons. The Hall–Kier alpha value is -1.43. The van der Waals surface area contributed by atoms with Crippen LogP contribution in [0.3, 0.4) is 0 Å². The number of hydrogen-bond acceptors (Lipinski definition) is 1. The molecule has 0 bridgehead atoms. The van der Waals surface area contributed by atoms with Crippen LogP contribution in [0.1, 0.15) is 11.1 Å². The molecule has 2 rings (SSSR count). The van der Waals surface area contributed by atoms with Gasteiger partial charge in [0.05, 0.1) is 5.56 Å². The first-order valence-corrected chi connectivity index (χ1v) is 5.98. The minimum absolute atomic E-state index is 0.422. The van der Waals surface area contributed by atoms with Crippen molar-refractivity contribution in [1.82, 2.24) is 4.98 Å². The molecule has 2 aromatic rings. The fourth-order valence-corrected chi connectivity index (χ4v) is 1.89. The molecule has 0 aliphatic rings. The van der Waals surface area contributed by atoms with Gasteiger partial charge in [-0.1, -0.05) is 0 Å². The van der Waals surface area contributed by atoms with E-state index in [0.717, 1.165) is 17.7 Å². The minimum Gasteiger partial charge on any atom is -0.380 e. The van der Waals surface area contributed by atoms with Crippen molar-refractivity contribution in [1.29, 1.82) is 0 Å². The average Bonchev–Trinajstić information content (AvgIpc) is 2.79. The van der Waals surface area contributed by atoms with Crippen molar-refractivity contribution < 1.29 is 13.2 Å². The van der Waals surface area contributed by atoms with Crippen LogP contribution >= 0.6 is 15.9 Å². The summed E-state index contributed by atoms with van der Waals surface area (Å²) >= 11 is 3.22. The molecule has 6 heteroatoms. The summed E-state index contributed by atoms with van der Waals surface area (Å²) in [5, 5.41) is 2.96. The molecule has 0 spiro atoms. The maximum atomic E-state index is 12.6. The van der Waals surface area contributed by atoms with Gasteiger partial charge in [0.15, 0.2) is 0 Å². The van der Waals surface area contributed by atoms with E-state index in [9.17, 15) is 13.2 Å². The Labute approximate surface area is 110 Å². The van der Waals surface area contributed by atoms with Gasteiger partial charge in [-0.2, -0.15) is 13.2 Å². The molecule has 0 unspecified atom stereocenters. The smallest absolute Gasteiger partial charge is 0.380 e. The van der Waals surface area contributed by atoms with E-state index in [1.54, 1.807) is 12.4 Å². The van der Waals surface area contributed by atoms with Gasteiger partial charge in [-0.05, 0) is 45.8 Å². The van der Waals surface area contributed by atoms with Crippen LogP contribution < -0.4 is 5.32 Å². The van der Waals surface area contributed by atoms with Gasteiger partial charge >= 0.3 is 6.18 Å². The number of H-pyrrole nitrogens is 1. The second-order valence-electron chi connectivity index (χ2n) is 3.77. The molecular weight excluding hydrogens is 309 g/mol. The molecule has 1 heterocycles. The molecule has 2 N–H and O–H groups in total. The lowest BCUT2D eigenvalue weighted by atomic mass is 10.2. The van der Waals surface area contributed by atoms with Crippen molar-refractivity contribution in [2.24, 2.45) is 0 Å². The molecule has 0 saturated heterocycles. The van der Waals surface area contributed by atoms with E-state index in [-0.39, 0.29) is 0 Å². The largest absolute Gasteiger partial charge is 0.416 e. The first-order chi connectivity index (χ1) is 8.47. The second kappa shape index (κ2) is 5.06. The maximum Gasteiger partial charge on any atom is 0.416 e. The minimum atomic E-state index is -4.33. The van der Waals surface area contributed by atoms with Crippen molar-refractivity contribution >= 4 is 21.6 Å². The zero-order valence-corrected chi connectivity index (χ0v) is 10.8. The Morgan fingerprint density at radius 3 is 2.61 bits per heavy atom. The summed E-state index contributed by atoms with van der Waals surface area (Å²) in [5.74, 6) is 0. The fourth-order valence-electron chi connectivity index (χ4n) is 1.50. The Bertz CT molecular complexity index is 521. The monoisotopic (exact) mass is 318 g/mol. The van der Waals surface area contributed by atoms with Crippen molar-refractivity contribution in [3.63, 3.8) is 0 Å². The Balaban J connectivity index is 2.16. The number of aromatic nitrogens is 1. The standard InChI is InChI=1S/C12H10BrF3N2/c13-10-2-1-9(12(14,15)16)5-11(10)18-7-8-3-4-17-6-8/h1-6,17-18H,7H2. The maximum absolute atomic E-state index is 12.6. The molecule has 1 aromatic heterocycles. The SMILES string of the molecule is FC(F)(F)c1ccc(Br)c(NCc2cc[nH]c2)c1. The highest BCUT2D eigenvalue weighted by atomic mass is 79.9. The van der Waals surface area contributed by atoms with Crippen LogP contribution in [-0.4, -0.2) is 4.98 Å². The van der Waals surface area contributed by atoms with Crippen LogP contribution in [0.2, 0.25) is 0 Å². The first-order valence-electron chi connectivity index (χ1n) is 5.19. The molecule has 1 aromatic carbocycles. The van der Waals surface area contributed by atoms with E-state index in [4.69, 9.17) is 0 Å². The highest BCUT2D eigenvalue weighted by Gasteiger charge is 2.30. The highest BCUT2D eigenvalue weighted by Crippen LogP contribution is 2.34. The van der Waals surface area contributed by atoms with Gasteiger partial charge in [0, 0.05) is 29.1 Å². The van der Waals surface area contributed by atoms with Crippen LogP contribution in [0.5, 0.6) is 0 Å². The predicted octanol–water partition coefficient (Wildman–Crippen LogP) is 4.41. The molecule has 2 nitrogen and oxygen atoms in total. The van der Waals surface area contributed by atoms with E-state index < -0.39 is 11.7 Å². The molecule has 0 aliphatic heterocycles. The van der Waals surface area contributed by atoms with Crippen LogP contribution in [0.25, 0.3) is 0 Å². The molecule has 0 fully saturated rings. The van der Waals surface area contributed by atoms with Gasteiger partial charge in [-0.15, -0.1) is 0 Å². The van der Waals surface area contributed by atoms with Crippen LogP contribution in [-0.2, 0) is 12.7 Å². The van der Waals surface area contributed by atoms with E-state index in [2.05, 4.69) is 26.2 Å². The van der Waals surface area contributed by atoms with E-state index >= 15 is 0 Å². The quantitative estimate of drug-likeness (QED) is 0.862. The Morgan fingerprint density at radius 1 is 1.22 bits per heavy atom. The summed E-state index contributed by atoms with van der Waals surface area (Å²) in [6.07, 6.45) is -0.780.